The Morgan fingerprint density at radius 1 is 1.21 bits per heavy atom. The van der Waals surface area contributed by atoms with Crippen molar-refractivity contribution < 1.29 is 14.3 Å². The van der Waals surface area contributed by atoms with Crippen molar-refractivity contribution in [1.29, 1.82) is 0 Å². The number of hydrogen-bond donors (Lipinski definition) is 1. The number of piperidine rings is 1. The van der Waals surface area contributed by atoms with Crippen LogP contribution in [0.4, 0.5) is 0 Å². The first kappa shape index (κ1) is 19.0. The third-order valence-electron chi connectivity index (χ3n) is 5.72. The Morgan fingerprint density at radius 3 is 2.75 bits per heavy atom. The number of pyridine rings is 1. The molecule has 28 heavy (non-hydrogen) atoms. The highest BCUT2D eigenvalue weighted by atomic mass is 16.5. The van der Waals surface area contributed by atoms with Crippen LogP contribution in [0, 0.1) is 0 Å². The second-order valence-electron chi connectivity index (χ2n) is 7.58. The lowest BCUT2D eigenvalue weighted by atomic mass is 10.1. The number of rotatable bonds is 5. The van der Waals surface area contributed by atoms with E-state index in [2.05, 4.69) is 9.88 Å². The lowest BCUT2D eigenvalue weighted by molar-refractivity contribution is -0.133. The van der Waals surface area contributed by atoms with Gasteiger partial charge in [-0.3, -0.25) is 14.7 Å². The van der Waals surface area contributed by atoms with Crippen LogP contribution < -0.4 is 15.2 Å². The number of nitrogens with two attached hydrogens (primary N) is 1. The lowest BCUT2D eigenvalue weighted by Gasteiger charge is -2.33. The highest BCUT2D eigenvalue weighted by Crippen LogP contribution is 2.30. The predicted molar refractivity (Wildman–Crippen MR) is 107 cm³/mol. The van der Waals surface area contributed by atoms with Crippen molar-refractivity contribution >= 4 is 16.8 Å². The number of carbonyl (C=O) groups is 1. The Morgan fingerprint density at radius 2 is 2.04 bits per heavy atom. The Bertz CT molecular complexity index is 836. The van der Waals surface area contributed by atoms with E-state index in [4.69, 9.17) is 15.2 Å². The smallest absolute Gasteiger partial charge is 0.237 e. The van der Waals surface area contributed by atoms with Gasteiger partial charge in [-0.2, -0.15) is 0 Å². The Kier molecular flexibility index (Phi) is 5.64. The van der Waals surface area contributed by atoms with Gasteiger partial charge in [0, 0.05) is 31.2 Å². The first-order valence-corrected chi connectivity index (χ1v) is 10.0. The number of fused-ring (bicyclic) bond motifs is 1. The first-order chi connectivity index (χ1) is 13.6. The average molecular weight is 384 g/mol. The molecule has 2 saturated heterocycles. The summed E-state index contributed by atoms with van der Waals surface area (Å²) in [6, 6.07) is 7.72. The SMILES string of the molecule is COc1ccc2nccc(OC3CCN(CC(=O)N4CCC[C@H]4N)CC3)c2c1. The fraction of sp³-hybridized carbons (Fsp3) is 0.524. The fourth-order valence-corrected chi connectivity index (χ4v) is 4.08. The topological polar surface area (TPSA) is 80.9 Å². The van der Waals surface area contributed by atoms with Gasteiger partial charge in [0.1, 0.15) is 17.6 Å². The number of likely N-dealkylation sites (tertiary alicyclic amines) is 2. The van der Waals surface area contributed by atoms with E-state index >= 15 is 0 Å². The predicted octanol–water partition coefficient (Wildman–Crippen LogP) is 1.99. The molecular weight excluding hydrogens is 356 g/mol. The maximum Gasteiger partial charge on any atom is 0.237 e. The maximum absolute atomic E-state index is 12.5. The number of amides is 1. The van der Waals surface area contributed by atoms with Crippen molar-refractivity contribution in [3.05, 3.63) is 30.5 Å². The van der Waals surface area contributed by atoms with Crippen LogP contribution >= 0.6 is 0 Å². The number of methoxy groups -OCH3 is 1. The van der Waals surface area contributed by atoms with Gasteiger partial charge in [-0.15, -0.1) is 0 Å². The van der Waals surface area contributed by atoms with Gasteiger partial charge >= 0.3 is 0 Å². The van der Waals surface area contributed by atoms with Crippen molar-refractivity contribution in [2.45, 2.75) is 38.0 Å². The summed E-state index contributed by atoms with van der Waals surface area (Å²) >= 11 is 0. The molecule has 7 nitrogen and oxygen atoms in total. The van der Waals surface area contributed by atoms with Crippen LogP contribution in [0.2, 0.25) is 0 Å². The number of benzene rings is 1. The average Bonchev–Trinajstić information content (AvgIpc) is 3.15. The molecule has 0 radical (unpaired) electrons. The quantitative estimate of drug-likeness (QED) is 0.849. The summed E-state index contributed by atoms with van der Waals surface area (Å²) in [5, 5.41) is 0.961. The van der Waals surface area contributed by atoms with Crippen LogP contribution in [0.3, 0.4) is 0 Å². The van der Waals surface area contributed by atoms with Crippen LogP contribution in [0.1, 0.15) is 25.7 Å². The van der Waals surface area contributed by atoms with Gasteiger partial charge in [0.25, 0.3) is 0 Å². The monoisotopic (exact) mass is 384 g/mol. The normalized spacial score (nSPS) is 21.2. The molecular formula is C21H28N4O3. The van der Waals surface area contributed by atoms with Gasteiger partial charge < -0.3 is 20.1 Å². The zero-order valence-electron chi connectivity index (χ0n) is 16.3. The van der Waals surface area contributed by atoms with E-state index in [0.29, 0.717) is 6.54 Å². The van der Waals surface area contributed by atoms with E-state index in [1.807, 2.05) is 29.2 Å². The van der Waals surface area contributed by atoms with Crippen molar-refractivity contribution in [2.75, 3.05) is 33.3 Å². The first-order valence-electron chi connectivity index (χ1n) is 10.0. The summed E-state index contributed by atoms with van der Waals surface area (Å²) in [5.74, 6) is 1.77. The molecule has 2 aliphatic rings. The fourth-order valence-electron chi connectivity index (χ4n) is 4.08. The van der Waals surface area contributed by atoms with Gasteiger partial charge in [-0.25, -0.2) is 0 Å². The Hall–Kier alpha value is -2.38. The molecule has 1 aromatic heterocycles. The molecule has 2 N–H and O–H groups in total. The Balaban J connectivity index is 1.34. The molecule has 4 rings (SSSR count). The van der Waals surface area contributed by atoms with Crippen molar-refractivity contribution in [3.63, 3.8) is 0 Å². The summed E-state index contributed by atoms with van der Waals surface area (Å²) in [5.41, 5.74) is 6.90. The molecule has 2 aromatic rings. The van der Waals surface area contributed by atoms with Gasteiger partial charge in [-0.1, -0.05) is 0 Å². The van der Waals surface area contributed by atoms with Gasteiger partial charge in [0.2, 0.25) is 5.91 Å². The van der Waals surface area contributed by atoms with Crippen LogP contribution in [-0.4, -0.2) is 66.2 Å². The molecule has 0 aliphatic carbocycles. The third-order valence-corrected chi connectivity index (χ3v) is 5.72. The molecule has 0 spiro atoms. The second-order valence-corrected chi connectivity index (χ2v) is 7.58. The van der Waals surface area contributed by atoms with Crippen LogP contribution in [0.5, 0.6) is 11.5 Å². The second kappa shape index (κ2) is 8.32. The number of hydrogen-bond acceptors (Lipinski definition) is 6. The third kappa shape index (κ3) is 4.05. The zero-order valence-corrected chi connectivity index (χ0v) is 16.3. The van der Waals surface area contributed by atoms with E-state index in [1.54, 1.807) is 13.3 Å². The van der Waals surface area contributed by atoms with Gasteiger partial charge in [0.15, 0.2) is 0 Å². The van der Waals surface area contributed by atoms with Crippen molar-refractivity contribution in [2.24, 2.45) is 5.73 Å². The minimum atomic E-state index is -0.106. The number of ether oxygens (including phenoxy) is 2. The summed E-state index contributed by atoms with van der Waals surface area (Å²) in [6.45, 7) is 2.95. The minimum Gasteiger partial charge on any atom is -0.497 e. The van der Waals surface area contributed by atoms with Crippen LogP contribution in [-0.2, 0) is 4.79 Å². The van der Waals surface area contributed by atoms with Crippen LogP contribution in [0.15, 0.2) is 30.5 Å². The molecule has 0 bridgehead atoms. The molecule has 3 heterocycles. The molecule has 2 aliphatic heterocycles. The molecule has 2 fully saturated rings. The van der Waals surface area contributed by atoms with Gasteiger partial charge in [-0.05, 0) is 49.9 Å². The number of carbonyl (C=O) groups excluding carboxylic acids is 1. The van der Waals surface area contributed by atoms with E-state index < -0.39 is 0 Å². The van der Waals surface area contributed by atoms with E-state index in [1.165, 1.54) is 0 Å². The molecule has 1 amide bonds. The molecule has 1 aromatic carbocycles. The highest BCUT2D eigenvalue weighted by molar-refractivity contribution is 5.86. The molecule has 1 atom stereocenters. The lowest BCUT2D eigenvalue weighted by Crippen LogP contribution is -2.48. The molecule has 150 valence electrons. The Labute approximate surface area is 165 Å². The standard InChI is InChI=1S/C21H28N4O3/c1-27-16-4-5-18-17(13-16)19(6-9-23-18)28-15-7-11-24(12-8-15)14-21(26)25-10-2-3-20(25)22/h4-6,9,13,15,20H,2-3,7-8,10-12,14,22H2,1H3/t20-/m0/s1. The number of nitrogens with zero attached hydrogens (tertiary/aromatic N) is 3. The summed E-state index contributed by atoms with van der Waals surface area (Å²) < 4.78 is 11.6. The summed E-state index contributed by atoms with van der Waals surface area (Å²) in [7, 11) is 1.66. The van der Waals surface area contributed by atoms with Crippen LogP contribution in [0.25, 0.3) is 10.9 Å². The van der Waals surface area contributed by atoms with E-state index in [-0.39, 0.29) is 18.2 Å². The zero-order chi connectivity index (χ0) is 19.5. The van der Waals surface area contributed by atoms with E-state index in [0.717, 1.165) is 67.7 Å². The van der Waals surface area contributed by atoms with Crippen molar-refractivity contribution in [3.8, 4) is 11.5 Å². The number of aromatic nitrogens is 1. The molecule has 0 unspecified atom stereocenters. The summed E-state index contributed by atoms with van der Waals surface area (Å²) in [6.07, 6.45) is 5.51. The van der Waals surface area contributed by atoms with Gasteiger partial charge in [0.05, 0.1) is 25.3 Å². The molecule has 0 saturated carbocycles. The minimum absolute atomic E-state index is 0.106. The maximum atomic E-state index is 12.5. The molecule has 7 heteroatoms. The highest BCUT2D eigenvalue weighted by Gasteiger charge is 2.28. The van der Waals surface area contributed by atoms with Crippen molar-refractivity contribution in [1.82, 2.24) is 14.8 Å². The summed E-state index contributed by atoms with van der Waals surface area (Å²) in [4.78, 5) is 20.9. The largest absolute Gasteiger partial charge is 0.497 e. The van der Waals surface area contributed by atoms with E-state index in [9.17, 15) is 4.79 Å².